The Balaban J connectivity index is 1.85. The van der Waals surface area contributed by atoms with Crippen LogP contribution in [-0.2, 0) is 14.8 Å². The molecular formula is C16H26ClN4O3S2+. The van der Waals surface area contributed by atoms with Gasteiger partial charge < -0.3 is 20.3 Å². The van der Waals surface area contributed by atoms with Crippen LogP contribution in [-0.4, -0.2) is 71.3 Å². The molecule has 0 radical (unpaired) electrons. The number of hydrogen-bond acceptors (Lipinski definition) is 4. The van der Waals surface area contributed by atoms with E-state index in [1.165, 1.54) is 20.2 Å². The fraction of sp³-hybridized carbons (Fsp3) is 0.562. The Morgan fingerprint density at radius 1 is 1.35 bits per heavy atom. The third kappa shape index (κ3) is 6.04. The molecule has 0 aliphatic carbocycles. The summed E-state index contributed by atoms with van der Waals surface area (Å²) in [5.74, 6) is 0. The average molecular weight is 422 g/mol. The van der Waals surface area contributed by atoms with Gasteiger partial charge in [-0.2, -0.15) is 0 Å². The van der Waals surface area contributed by atoms with E-state index in [1.807, 2.05) is 0 Å². The van der Waals surface area contributed by atoms with Crippen LogP contribution in [0.15, 0.2) is 23.1 Å². The predicted molar refractivity (Wildman–Crippen MR) is 108 cm³/mol. The molecule has 0 saturated carbocycles. The zero-order valence-corrected chi connectivity index (χ0v) is 17.4. The normalized spacial score (nSPS) is 15.8. The molecule has 1 aliphatic rings. The number of nitrogens with zero attached hydrogens (tertiary/aromatic N) is 1. The summed E-state index contributed by atoms with van der Waals surface area (Å²) in [6, 6.07) is 4.73. The van der Waals surface area contributed by atoms with Gasteiger partial charge in [-0.25, -0.2) is 12.7 Å². The van der Waals surface area contributed by atoms with Gasteiger partial charge in [0.1, 0.15) is 18.0 Å². The smallest absolute Gasteiger partial charge is 0.244 e. The molecule has 10 heteroatoms. The number of thiocarbonyl (C=S) groups is 1. The minimum Gasteiger partial charge on any atom is -0.370 e. The lowest BCUT2D eigenvalue weighted by molar-refractivity contribution is -0.908. The van der Waals surface area contributed by atoms with Crippen LogP contribution in [0, 0.1) is 0 Å². The number of quaternary nitrogens is 1. The lowest BCUT2D eigenvalue weighted by Gasteiger charge is -2.23. The van der Waals surface area contributed by atoms with Crippen molar-refractivity contribution in [2.45, 2.75) is 11.3 Å². The number of morpholine rings is 1. The summed E-state index contributed by atoms with van der Waals surface area (Å²) in [6.07, 6.45) is 0.998. The van der Waals surface area contributed by atoms with Crippen LogP contribution in [0.25, 0.3) is 0 Å². The van der Waals surface area contributed by atoms with Crippen LogP contribution in [0.2, 0.25) is 5.02 Å². The molecule has 0 atom stereocenters. The lowest BCUT2D eigenvalue weighted by atomic mass is 10.3. The first-order valence-corrected chi connectivity index (χ1v) is 10.7. The molecule has 2 rings (SSSR count). The van der Waals surface area contributed by atoms with E-state index in [0.29, 0.717) is 10.8 Å². The molecule has 7 nitrogen and oxygen atoms in total. The van der Waals surface area contributed by atoms with Gasteiger partial charge in [0.15, 0.2) is 5.11 Å². The van der Waals surface area contributed by atoms with Crippen molar-refractivity contribution in [3.8, 4) is 0 Å². The van der Waals surface area contributed by atoms with Crippen molar-refractivity contribution in [1.82, 2.24) is 9.62 Å². The molecule has 1 aliphatic heterocycles. The Morgan fingerprint density at radius 2 is 2.04 bits per heavy atom. The second-order valence-corrected chi connectivity index (χ2v) is 9.22. The van der Waals surface area contributed by atoms with Gasteiger partial charge in [-0.1, -0.05) is 11.6 Å². The number of ether oxygens (including phenoxy) is 1. The number of rotatable bonds is 7. The maximum Gasteiger partial charge on any atom is 0.244 e. The molecule has 1 aromatic carbocycles. The van der Waals surface area contributed by atoms with Gasteiger partial charge in [-0.15, -0.1) is 0 Å². The zero-order chi connectivity index (χ0) is 19.2. The van der Waals surface area contributed by atoms with E-state index in [-0.39, 0.29) is 9.92 Å². The van der Waals surface area contributed by atoms with Crippen molar-refractivity contribution in [2.75, 3.05) is 58.8 Å². The number of anilines is 1. The van der Waals surface area contributed by atoms with Gasteiger partial charge in [0.25, 0.3) is 0 Å². The molecular weight excluding hydrogens is 396 g/mol. The molecule has 0 amide bonds. The fourth-order valence-electron chi connectivity index (χ4n) is 2.60. The van der Waals surface area contributed by atoms with Crippen molar-refractivity contribution < 1.29 is 18.1 Å². The van der Waals surface area contributed by atoms with Gasteiger partial charge in [0.05, 0.1) is 24.8 Å². The van der Waals surface area contributed by atoms with Gasteiger partial charge in [0.2, 0.25) is 10.0 Å². The van der Waals surface area contributed by atoms with E-state index >= 15 is 0 Å². The van der Waals surface area contributed by atoms with E-state index in [1.54, 1.807) is 17.0 Å². The minimum absolute atomic E-state index is 0.0490. The minimum atomic E-state index is -3.61. The van der Waals surface area contributed by atoms with Crippen LogP contribution in [0.3, 0.4) is 0 Å². The summed E-state index contributed by atoms with van der Waals surface area (Å²) < 4.78 is 31.1. The molecule has 0 bridgehead atoms. The fourth-order valence-corrected chi connectivity index (χ4v) is 4.21. The maximum atomic E-state index is 12.3. The van der Waals surface area contributed by atoms with E-state index < -0.39 is 10.0 Å². The van der Waals surface area contributed by atoms with Crippen molar-refractivity contribution in [3.05, 3.63) is 23.2 Å². The highest BCUT2D eigenvalue weighted by molar-refractivity contribution is 7.89. The van der Waals surface area contributed by atoms with Crippen LogP contribution in [0.1, 0.15) is 6.42 Å². The Morgan fingerprint density at radius 3 is 2.69 bits per heavy atom. The highest BCUT2D eigenvalue weighted by Crippen LogP contribution is 2.26. The number of hydrogen-bond donors (Lipinski definition) is 3. The second kappa shape index (κ2) is 9.82. The SMILES string of the molecule is CN(C)S(=O)(=O)c1cc(NC(=S)NCCC[NH+]2CCOCC2)ccc1Cl. The maximum absolute atomic E-state index is 12.3. The van der Waals surface area contributed by atoms with Crippen molar-refractivity contribution in [3.63, 3.8) is 0 Å². The van der Waals surface area contributed by atoms with Gasteiger partial charge >= 0.3 is 0 Å². The molecule has 1 heterocycles. The number of sulfonamides is 1. The monoisotopic (exact) mass is 421 g/mol. The van der Waals surface area contributed by atoms with Crippen molar-refractivity contribution in [2.24, 2.45) is 0 Å². The van der Waals surface area contributed by atoms with E-state index in [4.69, 9.17) is 28.6 Å². The standard InChI is InChI=1S/C16H25ClN4O3S2/c1-20(2)26(22,23)15-12-13(4-5-14(15)17)19-16(25)18-6-3-7-21-8-10-24-11-9-21/h4-5,12H,3,6-11H2,1-2H3,(H2,18,19,25)/p+1. The third-order valence-electron chi connectivity index (χ3n) is 4.14. The van der Waals surface area contributed by atoms with Crippen LogP contribution in [0.4, 0.5) is 5.69 Å². The highest BCUT2D eigenvalue weighted by atomic mass is 35.5. The van der Waals surface area contributed by atoms with Crippen LogP contribution in [0.5, 0.6) is 0 Å². The topological polar surface area (TPSA) is 75.1 Å². The average Bonchev–Trinajstić information content (AvgIpc) is 2.61. The Labute approximate surface area is 165 Å². The summed E-state index contributed by atoms with van der Waals surface area (Å²) in [5, 5.41) is 6.79. The molecule has 146 valence electrons. The van der Waals surface area contributed by atoms with Gasteiger partial charge in [0, 0.05) is 32.7 Å². The molecule has 1 fully saturated rings. The summed E-state index contributed by atoms with van der Waals surface area (Å²) in [7, 11) is -0.681. The molecule has 1 saturated heterocycles. The largest absolute Gasteiger partial charge is 0.370 e. The Kier molecular flexibility index (Phi) is 8.05. The summed E-state index contributed by atoms with van der Waals surface area (Å²) >= 11 is 11.3. The molecule has 0 spiro atoms. The summed E-state index contributed by atoms with van der Waals surface area (Å²) in [5.41, 5.74) is 0.575. The number of halogens is 1. The van der Waals surface area contributed by atoms with Crippen molar-refractivity contribution in [1.29, 1.82) is 0 Å². The zero-order valence-electron chi connectivity index (χ0n) is 15.0. The molecule has 1 aromatic rings. The second-order valence-electron chi connectivity index (χ2n) is 6.28. The quantitative estimate of drug-likeness (QED) is 0.431. The van der Waals surface area contributed by atoms with Gasteiger partial charge in [-0.05, 0) is 30.4 Å². The summed E-state index contributed by atoms with van der Waals surface area (Å²) in [4.78, 5) is 1.60. The highest BCUT2D eigenvalue weighted by Gasteiger charge is 2.21. The van der Waals surface area contributed by atoms with E-state index in [0.717, 1.165) is 50.1 Å². The van der Waals surface area contributed by atoms with Gasteiger partial charge in [-0.3, -0.25) is 0 Å². The Bertz CT molecular complexity index is 722. The lowest BCUT2D eigenvalue weighted by Crippen LogP contribution is -3.14. The first-order valence-electron chi connectivity index (χ1n) is 8.49. The number of nitrogens with one attached hydrogen (secondary N) is 3. The van der Waals surface area contributed by atoms with Crippen LogP contribution >= 0.6 is 23.8 Å². The van der Waals surface area contributed by atoms with Crippen molar-refractivity contribution >= 4 is 44.6 Å². The van der Waals surface area contributed by atoms with E-state index in [2.05, 4.69) is 10.6 Å². The molecule has 3 N–H and O–H groups in total. The molecule has 0 aromatic heterocycles. The third-order valence-corrected chi connectivity index (χ3v) is 6.68. The first-order chi connectivity index (χ1) is 12.3. The molecule has 26 heavy (non-hydrogen) atoms. The number of benzene rings is 1. The first kappa shape index (κ1) is 21.3. The van der Waals surface area contributed by atoms with Crippen LogP contribution < -0.4 is 15.5 Å². The van der Waals surface area contributed by atoms with E-state index in [9.17, 15) is 8.42 Å². The predicted octanol–water partition coefficient (Wildman–Crippen LogP) is 0.182. The Hall–Kier alpha value is -0.970. The summed E-state index contributed by atoms with van der Waals surface area (Å²) in [6.45, 7) is 5.60. The molecule has 0 unspecified atom stereocenters.